The number of amidine groups is 1. The first kappa shape index (κ1) is 28.4. The molecule has 0 saturated carbocycles. The number of rotatable bonds is 8. The molecule has 0 bridgehead atoms. The number of nitrogens with one attached hydrogen (secondary N) is 1. The molecule has 0 spiro atoms. The third kappa shape index (κ3) is 7.57. The lowest BCUT2D eigenvalue weighted by atomic mass is 9.88. The Morgan fingerprint density at radius 1 is 1.29 bits per heavy atom. The fraction of sp³-hybridized carbons (Fsp3) is 0.520. The van der Waals surface area contributed by atoms with Crippen molar-refractivity contribution < 1.29 is 27.8 Å². The van der Waals surface area contributed by atoms with Crippen molar-refractivity contribution in [2.24, 2.45) is 16.0 Å². The molecule has 0 aliphatic heterocycles. The Hall–Kier alpha value is -2.85. The minimum Gasteiger partial charge on any atom is -0.496 e. The maximum Gasteiger partial charge on any atom is 0.407 e. The number of allylic oxidation sites excluding steroid dienone is 3. The molecular weight excluding hydrogens is 470 g/mol. The number of carbonyl (C=O) groups is 1. The smallest absolute Gasteiger partial charge is 0.407 e. The lowest BCUT2D eigenvalue weighted by molar-refractivity contribution is 0.0475. The van der Waals surface area contributed by atoms with Crippen LogP contribution in [0.15, 0.2) is 39.2 Å². The van der Waals surface area contributed by atoms with Crippen LogP contribution in [0.1, 0.15) is 50.3 Å². The molecule has 35 heavy (non-hydrogen) atoms. The van der Waals surface area contributed by atoms with E-state index in [9.17, 15) is 18.3 Å². The van der Waals surface area contributed by atoms with Crippen molar-refractivity contribution in [1.82, 2.24) is 5.32 Å². The van der Waals surface area contributed by atoms with E-state index in [-0.39, 0.29) is 23.3 Å². The lowest BCUT2D eigenvalue weighted by Gasteiger charge is -2.25. The number of aliphatic hydroxyl groups is 1. The van der Waals surface area contributed by atoms with Gasteiger partial charge < -0.3 is 25.6 Å². The van der Waals surface area contributed by atoms with Gasteiger partial charge in [-0.05, 0) is 88.6 Å². The van der Waals surface area contributed by atoms with Gasteiger partial charge in [-0.1, -0.05) is 18.2 Å². The first-order valence-corrected chi connectivity index (χ1v) is 12.9. The van der Waals surface area contributed by atoms with E-state index in [1.807, 2.05) is 6.08 Å². The summed E-state index contributed by atoms with van der Waals surface area (Å²) in [4.78, 5) is 12.2. The maximum atomic E-state index is 13.2. The normalized spacial score (nSPS) is 17.5. The number of nitrogens with zero attached hydrogens (tertiary/aromatic N) is 1. The number of amides is 1. The molecule has 4 N–H and O–H groups in total. The summed E-state index contributed by atoms with van der Waals surface area (Å²) in [5, 5.41) is 12.4. The number of aryl methyl sites for hydroxylation is 1. The first-order valence-electron chi connectivity index (χ1n) is 11.4. The monoisotopic (exact) mass is 507 g/mol. The molecule has 0 radical (unpaired) electrons. The lowest BCUT2D eigenvalue weighted by Crippen LogP contribution is -2.42. The number of alkyl carbamates (subject to hydrolysis) is 1. The summed E-state index contributed by atoms with van der Waals surface area (Å²) >= 11 is 0. The highest BCUT2D eigenvalue weighted by molar-refractivity contribution is 7.90. The topological polar surface area (TPSA) is 140 Å². The zero-order valence-corrected chi connectivity index (χ0v) is 22.3. The molecule has 0 saturated heterocycles. The van der Waals surface area contributed by atoms with Gasteiger partial charge in [0.2, 0.25) is 0 Å². The quantitative estimate of drug-likeness (QED) is 0.362. The Morgan fingerprint density at radius 3 is 2.51 bits per heavy atom. The zero-order chi connectivity index (χ0) is 26.6. The highest BCUT2D eigenvalue weighted by atomic mass is 32.2. The molecule has 10 heteroatoms. The fourth-order valence-electron chi connectivity index (χ4n) is 3.98. The van der Waals surface area contributed by atoms with Crippen molar-refractivity contribution in [2.45, 2.75) is 70.9 Å². The molecule has 0 heterocycles. The van der Waals surface area contributed by atoms with Gasteiger partial charge in [0.25, 0.3) is 10.0 Å². The summed E-state index contributed by atoms with van der Waals surface area (Å²) in [6.45, 7) is 10.2. The van der Waals surface area contributed by atoms with E-state index >= 15 is 0 Å². The van der Waals surface area contributed by atoms with Gasteiger partial charge in [-0.15, -0.1) is 4.40 Å². The number of methoxy groups -OCH3 is 1. The first-order chi connectivity index (χ1) is 16.2. The van der Waals surface area contributed by atoms with Crippen molar-refractivity contribution >= 4 is 22.0 Å². The predicted molar refractivity (Wildman–Crippen MR) is 136 cm³/mol. The van der Waals surface area contributed by atoms with Crippen molar-refractivity contribution in [3.63, 3.8) is 0 Å². The summed E-state index contributed by atoms with van der Waals surface area (Å²) < 4.78 is 40.9. The maximum absolute atomic E-state index is 13.2. The number of nitrogens with two attached hydrogens (primary N) is 1. The number of aliphatic hydroxyl groups excluding tert-OH is 1. The average molecular weight is 508 g/mol. The van der Waals surface area contributed by atoms with Crippen LogP contribution in [0.4, 0.5) is 4.79 Å². The third-order valence-corrected chi connectivity index (χ3v) is 7.28. The van der Waals surface area contributed by atoms with Gasteiger partial charge >= 0.3 is 6.09 Å². The van der Waals surface area contributed by atoms with Crippen LogP contribution in [-0.2, 0) is 14.8 Å². The molecule has 2 rings (SSSR count). The van der Waals surface area contributed by atoms with E-state index < -0.39 is 27.8 Å². The minimum atomic E-state index is -4.07. The Bertz CT molecular complexity index is 1150. The Labute approximate surface area is 208 Å². The molecule has 194 valence electrons. The summed E-state index contributed by atoms with van der Waals surface area (Å²) in [7, 11) is -2.53. The molecule has 1 aromatic carbocycles. The summed E-state index contributed by atoms with van der Waals surface area (Å²) in [5.41, 5.74) is 7.87. The van der Waals surface area contributed by atoms with Gasteiger partial charge in [0.05, 0.1) is 24.7 Å². The van der Waals surface area contributed by atoms with Crippen LogP contribution in [0.5, 0.6) is 5.75 Å². The third-order valence-electron chi connectivity index (χ3n) is 5.70. The largest absolute Gasteiger partial charge is 0.496 e. The van der Waals surface area contributed by atoms with Gasteiger partial charge in [-0.3, -0.25) is 0 Å². The van der Waals surface area contributed by atoms with Gasteiger partial charge in [-0.2, -0.15) is 8.42 Å². The molecule has 2 unspecified atom stereocenters. The SMILES string of the molecule is COc1cc(C)c(S(=O)(=O)/N=C(\N)C2=CC=CC(CC(CO)NC(=O)OC(C)(C)C)C2)c(C)c1C. The highest BCUT2D eigenvalue weighted by Crippen LogP contribution is 2.32. The van der Waals surface area contributed by atoms with Crippen LogP contribution < -0.4 is 15.8 Å². The van der Waals surface area contributed by atoms with E-state index in [1.165, 1.54) is 7.11 Å². The zero-order valence-electron chi connectivity index (χ0n) is 21.5. The number of ether oxygens (including phenoxy) is 2. The van der Waals surface area contributed by atoms with Gasteiger partial charge in [0.1, 0.15) is 17.2 Å². The van der Waals surface area contributed by atoms with Crippen LogP contribution in [0.3, 0.4) is 0 Å². The van der Waals surface area contributed by atoms with Crippen LogP contribution in [-0.4, -0.2) is 50.8 Å². The van der Waals surface area contributed by atoms with Crippen LogP contribution in [0.2, 0.25) is 0 Å². The minimum absolute atomic E-state index is 0.0905. The number of hydrogen-bond acceptors (Lipinski definition) is 6. The Kier molecular flexibility index (Phi) is 9.13. The van der Waals surface area contributed by atoms with Crippen molar-refractivity contribution in [3.05, 3.63) is 46.6 Å². The molecule has 1 aromatic rings. The van der Waals surface area contributed by atoms with Crippen LogP contribution in [0.25, 0.3) is 0 Å². The molecule has 1 aliphatic carbocycles. The number of hydrogen-bond donors (Lipinski definition) is 3. The van der Waals surface area contributed by atoms with E-state index in [2.05, 4.69) is 9.71 Å². The van der Waals surface area contributed by atoms with E-state index in [4.69, 9.17) is 15.2 Å². The summed E-state index contributed by atoms with van der Waals surface area (Å²) in [6.07, 6.45) is 5.63. The van der Waals surface area contributed by atoms with Crippen molar-refractivity contribution in [3.8, 4) is 5.75 Å². The molecule has 9 nitrogen and oxygen atoms in total. The molecule has 1 aliphatic rings. The molecule has 2 atom stereocenters. The molecule has 0 fully saturated rings. The van der Waals surface area contributed by atoms with E-state index in [0.29, 0.717) is 35.3 Å². The highest BCUT2D eigenvalue weighted by Gasteiger charge is 2.26. The Balaban J connectivity index is 2.19. The van der Waals surface area contributed by atoms with Crippen LogP contribution in [0, 0.1) is 26.7 Å². The average Bonchev–Trinajstić information content (AvgIpc) is 2.74. The summed E-state index contributed by atoms with van der Waals surface area (Å²) in [5.74, 6) is 0.426. The van der Waals surface area contributed by atoms with E-state index in [1.54, 1.807) is 59.8 Å². The van der Waals surface area contributed by atoms with Gasteiger partial charge in [0.15, 0.2) is 0 Å². The van der Waals surface area contributed by atoms with Crippen LogP contribution >= 0.6 is 0 Å². The standard InChI is InChI=1S/C25H37N3O6S/c1-15-11-21(33-7)16(2)17(3)22(15)35(31,32)28-23(26)19-10-8-9-18(12-19)13-20(14-29)27-24(30)34-25(4,5)6/h8-11,18,20,29H,12-14H2,1-7H3,(H2,26,28)(H,27,30). The fourth-order valence-corrected chi connectivity index (χ4v) is 5.46. The predicted octanol–water partition coefficient (Wildman–Crippen LogP) is 3.44. The number of sulfonamides is 1. The second kappa shape index (κ2) is 11.3. The van der Waals surface area contributed by atoms with Gasteiger partial charge in [0, 0.05) is 0 Å². The number of carbonyl (C=O) groups excluding carboxylic acids is 1. The molecule has 0 aromatic heterocycles. The van der Waals surface area contributed by atoms with E-state index in [0.717, 1.165) is 5.56 Å². The van der Waals surface area contributed by atoms with Gasteiger partial charge in [-0.25, -0.2) is 4.79 Å². The molecular formula is C25H37N3O6S. The second-order valence-electron chi connectivity index (χ2n) is 9.73. The Morgan fingerprint density at radius 2 is 1.94 bits per heavy atom. The molecule has 1 amide bonds. The number of benzene rings is 1. The van der Waals surface area contributed by atoms with Crippen molar-refractivity contribution in [1.29, 1.82) is 0 Å². The second-order valence-corrected chi connectivity index (χ2v) is 11.3. The van der Waals surface area contributed by atoms with Crippen molar-refractivity contribution in [2.75, 3.05) is 13.7 Å². The summed E-state index contributed by atoms with van der Waals surface area (Å²) in [6, 6.07) is 1.14.